The molecule has 2 aliphatic rings. The van der Waals surface area contributed by atoms with E-state index < -0.39 is 0 Å². The normalized spacial score (nSPS) is 20.6. The van der Waals surface area contributed by atoms with Crippen molar-refractivity contribution in [3.63, 3.8) is 0 Å². The molecule has 5 nitrogen and oxygen atoms in total. The van der Waals surface area contributed by atoms with Crippen molar-refractivity contribution in [3.05, 3.63) is 30.0 Å². The summed E-state index contributed by atoms with van der Waals surface area (Å²) in [4.78, 5) is 17.4. The molecule has 2 heterocycles. The minimum absolute atomic E-state index is 0.220. The SMILES string of the molecule is O=C(Cc1[nH]nc2ccccc12)N1CCCN(C2CCCC2)CC1. The third-order valence-electron chi connectivity index (χ3n) is 5.59. The number of nitrogens with one attached hydrogen (secondary N) is 1. The van der Waals surface area contributed by atoms with Gasteiger partial charge in [0.1, 0.15) is 0 Å². The molecule has 1 aliphatic carbocycles. The number of aromatic nitrogens is 2. The number of carbonyl (C=O) groups is 1. The molecule has 1 N–H and O–H groups in total. The lowest BCUT2D eigenvalue weighted by molar-refractivity contribution is -0.130. The van der Waals surface area contributed by atoms with E-state index in [4.69, 9.17) is 0 Å². The fourth-order valence-corrected chi connectivity index (χ4v) is 4.23. The highest BCUT2D eigenvalue weighted by atomic mass is 16.2. The van der Waals surface area contributed by atoms with Gasteiger partial charge in [0, 0.05) is 37.6 Å². The summed E-state index contributed by atoms with van der Waals surface area (Å²) in [6.45, 7) is 3.91. The molecule has 0 radical (unpaired) electrons. The summed E-state index contributed by atoms with van der Waals surface area (Å²) < 4.78 is 0. The van der Waals surface area contributed by atoms with Crippen molar-refractivity contribution in [3.8, 4) is 0 Å². The maximum atomic E-state index is 12.7. The van der Waals surface area contributed by atoms with Crippen LogP contribution in [0.3, 0.4) is 0 Å². The van der Waals surface area contributed by atoms with Gasteiger partial charge < -0.3 is 4.90 Å². The van der Waals surface area contributed by atoms with E-state index >= 15 is 0 Å². The van der Waals surface area contributed by atoms with Gasteiger partial charge in [-0.15, -0.1) is 0 Å². The molecule has 1 amide bonds. The molecule has 0 unspecified atom stereocenters. The van der Waals surface area contributed by atoms with Gasteiger partial charge in [-0.3, -0.25) is 14.8 Å². The largest absolute Gasteiger partial charge is 0.341 e. The van der Waals surface area contributed by atoms with Gasteiger partial charge in [0.2, 0.25) is 5.91 Å². The van der Waals surface area contributed by atoms with Gasteiger partial charge in [-0.05, 0) is 25.3 Å². The molecular weight excluding hydrogens is 300 g/mol. The topological polar surface area (TPSA) is 52.2 Å². The standard InChI is InChI=1S/C19H26N4O/c24-19(14-18-16-8-3-4-9-17(16)20-21-18)23-11-5-10-22(12-13-23)15-6-1-2-7-15/h3-4,8-9,15H,1-2,5-7,10-14H2,(H,20,21). The Morgan fingerprint density at radius 3 is 2.79 bits per heavy atom. The second kappa shape index (κ2) is 6.93. The molecular formula is C19H26N4O. The van der Waals surface area contributed by atoms with Crippen LogP contribution in [0.2, 0.25) is 0 Å². The van der Waals surface area contributed by atoms with Crippen LogP contribution in [0.5, 0.6) is 0 Å². The van der Waals surface area contributed by atoms with Crippen molar-refractivity contribution in [2.45, 2.75) is 44.6 Å². The minimum Gasteiger partial charge on any atom is -0.341 e. The van der Waals surface area contributed by atoms with Crippen molar-refractivity contribution in [2.24, 2.45) is 0 Å². The van der Waals surface area contributed by atoms with Gasteiger partial charge in [0.15, 0.2) is 0 Å². The van der Waals surface area contributed by atoms with Gasteiger partial charge in [0.25, 0.3) is 0 Å². The summed E-state index contributed by atoms with van der Waals surface area (Å²) in [6.07, 6.45) is 6.94. The van der Waals surface area contributed by atoms with Crippen LogP contribution in [-0.4, -0.2) is 58.1 Å². The number of carbonyl (C=O) groups excluding carboxylic acids is 1. The van der Waals surface area contributed by atoms with E-state index in [-0.39, 0.29) is 5.91 Å². The zero-order valence-electron chi connectivity index (χ0n) is 14.2. The number of fused-ring (bicyclic) bond motifs is 1. The molecule has 5 heteroatoms. The monoisotopic (exact) mass is 326 g/mol. The van der Waals surface area contributed by atoms with Crippen LogP contribution >= 0.6 is 0 Å². The quantitative estimate of drug-likeness (QED) is 0.943. The van der Waals surface area contributed by atoms with Crippen molar-refractivity contribution in [1.82, 2.24) is 20.0 Å². The Kier molecular flexibility index (Phi) is 4.52. The van der Waals surface area contributed by atoms with E-state index in [1.807, 2.05) is 29.2 Å². The average molecular weight is 326 g/mol. The Balaban J connectivity index is 1.39. The van der Waals surface area contributed by atoms with Gasteiger partial charge in [-0.1, -0.05) is 31.0 Å². The van der Waals surface area contributed by atoms with Crippen LogP contribution in [-0.2, 0) is 11.2 Å². The van der Waals surface area contributed by atoms with Gasteiger partial charge in [-0.2, -0.15) is 5.10 Å². The van der Waals surface area contributed by atoms with Crippen LogP contribution in [0.4, 0.5) is 0 Å². The fraction of sp³-hybridized carbons (Fsp3) is 0.579. The highest BCUT2D eigenvalue weighted by Gasteiger charge is 2.26. The summed E-state index contributed by atoms with van der Waals surface area (Å²) in [7, 11) is 0. The lowest BCUT2D eigenvalue weighted by atomic mass is 10.1. The molecule has 0 atom stereocenters. The molecule has 2 aromatic rings. The molecule has 1 saturated heterocycles. The number of para-hydroxylation sites is 1. The summed E-state index contributed by atoms with van der Waals surface area (Å²) in [5.41, 5.74) is 1.87. The lowest BCUT2D eigenvalue weighted by Gasteiger charge is -2.27. The first-order valence-electron chi connectivity index (χ1n) is 9.25. The average Bonchev–Trinajstić information content (AvgIpc) is 3.20. The summed E-state index contributed by atoms with van der Waals surface area (Å²) >= 11 is 0. The lowest BCUT2D eigenvalue weighted by Crippen LogP contribution is -2.39. The maximum Gasteiger partial charge on any atom is 0.228 e. The summed E-state index contributed by atoms with van der Waals surface area (Å²) in [5.74, 6) is 0.220. The predicted octanol–water partition coefficient (Wildman–Crippen LogP) is 2.58. The van der Waals surface area contributed by atoms with Gasteiger partial charge in [0.05, 0.1) is 17.6 Å². The van der Waals surface area contributed by atoms with Gasteiger partial charge >= 0.3 is 0 Å². The van der Waals surface area contributed by atoms with Crippen LogP contribution in [0.15, 0.2) is 24.3 Å². The number of amides is 1. The third-order valence-corrected chi connectivity index (χ3v) is 5.59. The Bertz CT molecular complexity index is 704. The molecule has 1 aromatic carbocycles. The third kappa shape index (κ3) is 3.18. The molecule has 0 bridgehead atoms. The number of hydrogen-bond donors (Lipinski definition) is 1. The minimum atomic E-state index is 0.220. The molecule has 1 aliphatic heterocycles. The Morgan fingerprint density at radius 1 is 1.08 bits per heavy atom. The smallest absolute Gasteiger partial charge is 0.228 e. The van der Waals surface area contributed by atoms with Crippen molar-refractivity contribution in [1.29, 1.82) is 0 Å². The number of nitrogens with zero attached hydrogens (tertiary/aromatic N) is 3. The van der Waals surface area contributed by atoms with Crippen LogP contribution in [0.25, 0.3) is 10.9 Å². The Morgan fingerprint density at radius 2 is 1.92 bits per heavy atom. The summed E-state index contributed by atoms with van der Waals surface area (Å²) in [5, 5.41) is 8.40. The van der Waals surface area contributed by atoms with E-state index in [9.17, 15) is 4.79 Å². The number of benzene rings is 1. The molecule has 1 saturated carbocycles. The van der Waals surface area contributed by atoms with Crippen LogP contribution in [0.1, 0.15) is 37.8 Å². The highest BCUT2D eigenvalue weighted by molar-refractivity contribution is 5.87. The van der Waals surface area contributed by atoms with Gasteiger partial charge in [-0.25, -0.2) is 0 Å². The fourth-order valence-electron chi connectivity index (χ4n) is 4.23. The number of H-pyrrole nitrogens is 1. The van der Waals surface area contributed by atoms with Crippen molar-refractivity contribution >= 4 is 16.8 Å². The zero-order valence-corrected chi connectivity index (χ0v) is 14.2. The molecule has 4 rings (SSSR count). The van der Waals surface area contributed by atoms with E-state index in [0.717, 1.165) is 55.2 Å². The molecule has 24 heavy (non-hydrogen) atoms. The first-order chi connectivity index (χ1) is 11.8. The van der Waals surface area contributed by atoms with E-state index in [0.29, 0.717) is 6.42 Å². The zero-order chi connectivity index (χ0) is 16.4. The van der Waals surface area contributed by atoms with Crippen molar-refractivity contribution < 1.29 is 4.79 Å². The highest BCUT2D eigenvalue weighted by Crippen LogP contribution is 2.24. The van der Waals surface area contributed by atoms with Crippen molar-refractivity contribution in [2.75, 3.05) is 26.2 Å². The second-order valence-electron chi connectivity index (χ2n) is 7.10. The number of aromatic amines is 1. The van der Waals surface area contributed by atoms with Crippen LogP contribution in [0, 0.1) is 0 Å². The molecule has 0 spiro atoms. The predicted molar refractivity (Wildman–Crippen MR) is 94.8 cm³/mol. The summed E-state index contributed by atoms with van der Waals surface area (Å²) in [6, 6.07) is 8.74. The first kappa shape index (κ1) is 15.6. The Labute approximate surface area is 143 Å². The van der Waals surface area contributed by atoms with Crippen LogP contribution < -0.4 is 0 Å². The first-order valence-corrected chi connectivity index (χ1v) is 9.25. The van der Waals surface area contributed by atoms with E-state index in [1.165, 1.54) is 25.7 Å². The molecule has 128 valence electrons. The second-order valence-corrected chi connectivity index (χ2v) is 7.10. The van der Waals surface area contributed by atoms with E-state index in [1.54, 1.807) is 0 Å². The Hall–Kier alpha value is -1.88. The van der Waals surface area contributed by atoms with E-state index in [2.05, 4.69) is 15.1 Å². The molecule has 2 fully saturated rings. The number of hydrogen-bond acceptors (Lipinski definition) is 3. The maximum absolute atomic E-state index is 12.7. The molecule has 1 aromatic heterocycles. The number of rotatable bonds is 3.